The van der Waals surface area contributed by atoms with Crippen LogP contribution in [0.15, 0.2) is 23.2 Å². The fourth-order valence-corrected chi connectivity index (χ4v) is 2.81. The molecule has 2 aliphatic rings. The Labute approximate surface area is 110 Å². The number of pyridine rings is 1. The molecule has 0 saturated heterocycles. The second kappa shape index (κ2) is 3.81. The van der Waals surface area contributed by atoms with Crippen molar-refractivity contribution >= 4 is 5.78 Å². The van der Waals surface area contributed by atoms with E-state index in [0.29, 0.717) is 36.2 Å². The van der Waals surface area contributed by atoms with Crippen LogP contribution < -0.4 is 5.56 Å². The molecular weight excluding hydrogens is 246 g/mol. The lowest BCUT2D eigenvalue weighted by atomic mass is 9.84. The van der Waals surface area contributed by atoms with E-state index in [1.807, 2.05) is 0 Å². The predicted molar refractivity (Wildman–Crippen MR) is 67.8 cm³/mol. The third-order valence-electron chi connectivity index (χ3n) is 4.06. The maximum Gasteiger partial charge on any atom is 0.258 e. The molecule has 100 valence electrons. The van der Waals surface area contributed by atoms with Crippen molar-refractivity contribution in [3.8, 4) is 0 Å². The SMILES string of the molecule is C=C1OCc2c(cc3n(c2=O)CCC3=O)[C@@]1(O)CC. The lowest BCUT2D eigenvalue weighted by molar-refractivity contribution is -0.0173. The number of aromatic nitrogens is 1. The van der Waals surface area contributed by atoms with Gasteiger partial charge >= 0.3 is 0 Å². The van der Waals surface area contributed by atoms with E-state index < -0.39 is 5.60 Å². The molecule has 19 heavy (non-hydrogen) atoms. The Kier molecular flexibility index (Phi) is 2.44. The normalized spacial score (nSPS) is 24.9. The van der Waals surface area contributed by atoms with Crippen LogP contribution in [-0.4, -0.2) is 15.5 Å². The number of aliphatic hydroxyl groups is 1. The molecule has 1 N–H and O–H groups in total. The first-order chi connectivity index (χ1) is 8.99. The van der Waals surface area contributed by atoms with E-state index in [9.17, 15) is 14.7 Å². The van der Waals surface area contributed by atoms with E-state index in [1.54, 1.807) is 13.0 Å². The Hall–Kier alpha value is -1.88. The van der Waals surface area contributed by atoms with Crippen LogP contribution in [0.2, 0.25) is 0 Å². The molecule has 0 saturated carbocycles. The lowest BCUT2D eigenvalue weighted by Crippen LogP contribution is -2.39. The summed E-state index contributed by atoms with van der Waals surface area (Å²) in [6.45, 7) is 6.01. The highest BCUT2D eigenvalue weighted by Gasteiger charge is 2.41. The molecule has 1 atom stereocenters. The third-order valence-corrected chi connectivity index (χ3v) is 4.06. The Morgan fingerprint density at radius 1 is 1.53 bits per heavy atom. The number of hydrogen-bond acceptors (Lipinski definition) is 4. The zero-order valence-electron chi connectivity index (χ0n) is 10.7. The highest BCUT2D eigenvalue weighted by Crippen LogP contribution is 2.39. The van der Waals surface area contributed by atoms with Crippen molar-refractivity contribution in [2.45, 2.75) is 38.5 Å². The van der Waals surface area contributed by atoms with E-state index in [4.69, 9.17) is 4.74 Å². The van der Waals surface area contributed by atoms with Crippen molar-refractivity contribution in [2.24, 2.45) is 0 Å². The summed E-state index contributed by atoms with van der Waals surface area (Å²) >= 11 is 0. The minimum atomic E-state index is -1.38. The molecule has 0 radical (unpaired) electrons. The summed E-state index contributed by atoms with van der Waals surface area (Å²) in [5.74, 6) is 0.174. The number of rotatable bonds is 1. The summed E-state index contributed by atoms with van der Waals surface area (Å²) in [5, 5.41) is 10.7. The first-order valence-electron chi connectivity index (χ1n) is 6.34. The maximum atomic E-state index is 12.4. The van der Waals surface area contributed by atoms with Gasteiger partial charge in [-0.25, -0.2) is 0 Å². The lowest BCUT2D eigenvalue weighted by Gasteiger charge is -2.35. The van der Waals surface area contributed by atoms with Gasteiger partial charge in [0.2, 0.25) is 0 Å². The Morgan fingerprint density at radius 2 is 2.26 bits per heavy atom. The second-order valence-electron chi connectivity index (χ2n) is 4.98. The molecule has 2 aliphatic heterocycles. The van der Waals surface area contributed by atoms with Crippen LogP contribution in [0, 0.1) is 0 Å². The highest BCUT2D eigenvalue weighted by molar-refractivity contribution is 5.96. The van der Waals surface area contributed by atoms with Crippen molar-refractivity contribution in [3.05, 3.63) is 45.6 Å². The van der Waals surface area contributed by atoms with E-state index in [-0.39, 0.29) is 23.7 Å². The van der Waals surface area contributed by atoms with Crippen LogP contribution in [-0.2, 0) is 23.5 Å². The first kappa shape index (κ1) is 12.2. The molecule has 0 fully saturated rings. The molecule has 5 heteroatoms. The van der Waals surface area contributed by atoms with E-state index in [2.05, 4.69) is 6.58 Å². The van der Waals surface area contributed by atoms with Crippen LogP contribution in [0.3, 0.4) is 0 Å². The molecule has 0 amide bonds. The average Bonchev–Trinajstić information content (AvgIpc) is 2.77. The van der Waals surface area contributed by atoms with Crippen LogP contribution in [0.5, 0.6) is 0 Å². The van der Waals surface area contributed by atoms with E-state index in [0.717, 1.165) is 0 Å². The fourth-order valence-electron chi connectivity index (χ4n) is 2.81. The van der Waals surface area contributed by atoms with Gasteiger partial charge in [0.25, 0.3) is 5.56 Å². The quantitative estimate of drug-likeness (QED) is 0.821. The number of ketones is 1. The monoisotopic (exact) mass is 261 g/mol. The number of fused-ring (bicyclic) bond motifs is 2. The van der Waals surface area contributed by atoms with Crippen LogP contribution in [0.25, 0.3) is 0 Å². The van der Waals surface area contributed by atoms with Crippen molar-refractivity contribution in [2.75, 3.05) is 0 Å². The number of ether oxygens (including phenoxy) is 1. The van der Waals surface area contributed by atoms with Gasteiger partial charge in [-0.1, -0.05) is 13.5 Å². The molecule has 0 aliphatic carbocycles. The van der Waals surface area contributed by atoms with E-state index >= 15 is 0 Å². The number of nitrogens with zero attached hydrogens (tertiary/aromatic N) is 1. The first-order valence-corrected chi connectivity index (χ1v) is 6.34. The van der Waals surface area contributed by atoms with Gasteiger partial charge in [-0.2, -0.15) is 0 Å². The summed E-state index contributed by atoms with van der Waals surface area (Å²) in [6, 6.07) is 1.63. The van der Waals surface area contributed by atoms with Gasteiger partial charge in [0.1, 0.15) is 18.0 Å². The molecule has 0 unspecified atom stereocenters. The van der Waals surface area contributed by atoms with Crippen LogP contribution in [0.4, 0.5) is 0 Å². The molecule has 0 spiro atoms. The average molecular weight is 261 g/mol. The van der Waals surface area contributed by atoms with Gasteiger partial charge in [-0.3, -0.25) is 9.59 Å². The van der Waals surface area contributed by atoms with Crippen molar-refractivity contribution in [3.63, 3.8) is 0 Å². The Balaban J connectivity index is 2.33. The second-order valence-corrected chi connectivity index (χ2v) is 4.98. The van der Waals surface area contributed by atoms with Crippen molar-refractivity contribution in [1.29, 1.82) is 0 Å². The predicted octanol–water partition coefficient (Wildman–Crippen LogP) is 1.08. The van der Waals surface area contributed by atoms with Crippen molar-refractivity contribution < 1.29 is 14.6 Å². The largest absolute Gasteiger partial charge is 0.490 e. The maximum absolute atomic E-state index is 12.4. The molecule has 0 bridgehead atoms. The zero-order chi connectivity index (χ0) is 13.8. The minimum absolute atomic E-state index is 0.0598. The Morgan fingerprint density at radius 3 is 2.95 bits per heavy atom. The summed E-state index contributed by atoms with van der Waals surface area (Å²) < 4.78 is 6.80. The van der Waals surface area contributed by atoms with Gasteiger partial charge in [-0.15, -0.1) is 0 Å². The van der Waals surface area contributed by atoms with Crippen LogP contribution >= 0.6 is 0 Å². The minimum Gasteiger partial charge on any atom is -0.490 e. The standard InChI is InChI=1S/C14H15NO4/c1-3-14(18)8(2)19-7-9-10(14)6-11-12(16)4-5-15(11)13(9)17/h6,18H,2-5,7H2,1H3/t14-/m1/s1. The van der Waals surface area contributed by atoms with Gasteiger partial charge in [-0.05, 0) is 12.5 Å². The summed E-state index contributed by atoms with van der Waals surface area (Å²) in [7, 11) is 0. The van der Waals surface area contributed by atoms with Gasteiger partial charge in [0.15, 0.2) is 5.78 Å². The number of carbonyl (C=O) groups is 1. The molecule has 5 nitrogen and oxygen atoms in total. The molecule has 3 heterocycles. The third kappa shape index (κ3) is 1.45. The molecule has 0 aromatic carbocycles. The fraction of sp³-hybridized carbons (Fsp3) is 0.429. The van der Waals surface area contributed by atoms with Crippen LogP contribution in [0.1, 0.15) is 41.4 Å². The smallest absolute Gasteiger partial charge is 0.258 e. The van der Waals surface area contributed by atoms with E-state index in [1.165, 1.54) is 4.57 Å². The van der Waals surface area contributed by atoms with Crippen molar-refractivity contribution in [1.82, 2.24) is 4.57 Å². The summed E-state index contributed by atoms with van der Waals surface area (Å²) in [4.78, 5) is 24.1. The van der Waals surface area contributed by atoms with Gasteiger partial charge < -0.3 is 14.4 Å². The molecular formula is C14H15NO4. The topological polar surface area (TPSA) is 68.5 Å². The zero-order valence-corrected chi connectivity index (χ0v) is 10.7. The Bertz CT molecular complexity index is 658. The molecule has 1 aromatic rings. The number of carbonyl (C=O) groups excluding carboxylic acids is 1. The van der Waals surface area contributed by atoms with Gasteiger partial charge in [0.05, 0.1) is 11.3 Å². The summed E-state index contributed by atoms with van der Waals surface area (Å²) in [6.07, 6.45) is 0.681. The highest BCUT2D eigenvalue weighted by atomic mass is 16.5. The number of hydrogen-bond donors (Lipinski definition) is 1. The van der Waals surface area contributed by atoms with Gasteiger partial charge in [0, 0.05) is 18.5 Å². The number of Topliss-reactive ketones (excluding diaryl/α,β-unsaturated/α-hetero) is 1. The molecule has 3 rings (SSSR count). The summed E-state index contributed by atoms with van der Waals surface area (Å²) in [5.41, 5.74) is -0.346. The molecule has 1 aromatic heterocycles.